The normalized spacial score (nSPS) is 12.0. The van der Waals surface area contributed by atoms with E-state index < -0.39 is 17.5 Å². The monoisotopic (exact) mass is 543 g/mol. The average molecular weight is 544 g/mol. The van der Waals surface area contributed by atoms with Crippen LogP contribution in [0.2, 0.25) is 0 Å². The Morgan fingerprint density at radius 3 is 2.61 bits per heavy atom. The number of Topliss-reactive ketones (excluding diaryl/α,β-unsaturated/α-hetero) is 2. The molecule has 0 radical (unpaired) electrons. The molecule has 2 rings (SSSR count). The molecule has 0 bridgehead atoms. The summed E-state index contributed by atoms with van der Waals surface area (Å²) in [7, 11) is 1.67. The highest BCUT2D eigenvalue weighted by Crippen LogP contribution is 2.15. The van der Waals surface area contributed by atoms with Gasteiger partial charge in [0, 0.05) is 37.9 Å². The van der Waals surface area contributed by atoms with Gasteiger partial charge in [-0.2, -0.15) is 5.10 Å². The summed E-state index contributed by atoms with van der Waals surface area (Å²) in [6.45, 7) is 4.18. The number of ketones is 2. The molecule has 0 unspecified atom stereocenters. The van der Waals surface area contributed by atoms with Crippen LogP contribution in [-0.4, -0.2) is 49.0 Å². The molecule has 0 aliphatic heterocycles. The number of imidazole rings is 1. The number of aryl methyl sites for hydroxylation is 1. The predicted molar refractivity (Wildman–Crippen MR) is 150 cm³/mol. The van der Waals surface area contributed by atoms with Crippen LogP contribution in [-0.2, 0) is 29.6 Å². The number of nitrogens with one attached hydrogen (secondary N) is 2. The first-order chi connectivity index (χ1) is 18.2. The molecule has 206 valence electrons. The van der Waals surface area contributed by atoms with E-state index in [-0.39, 0.29) is 41.6 Å². The highest BCUT2D eigenvalue weighted by molar-refractivity contribution is 7.80. The number of rotatable bonds is 16. The van der Waals surface area contributed by atoms with Crippen molar-refractivity contribution in [2.24, 2.45) is 23.8 Å². The highest BCUT2D eigenvalue weighted by atomic mass is 32.1. The third kappa shape index (κ3) is 9.66. The average Bonchev–Trinajstić information content (AvgIpc) is 3.31. The molecule has 2 aromatic rings. The van der Waals surface area contributed by atoms with E-state index in [1.165, 1.54) is 23.3 Å². The molecule has 1 amide bonds. The molecule has 11 nitrogen and oxygen atoms in total. The molecule has 0 aliphatic rings. The minimum atomic E-state index is -0.886. The Bertz CT molecular complexity index is 1200. The number of thiocarbonyl (C=S) groups is 1. The smallest absolute Gasteiger partial charge is 0.270 e. The SMILES string of the molecule is CCC(CC)CCC(=O)Cn1cccc(CC(=O)[C@H](CC/C=N\NC(N)=S)NC(=O)c2cncn2C)c1=O. The maximum atomic E-state index is 13.3. The molecular weight excluding hydrogens is 506 g/mol. The summed E-state index contributed by atoms with van der Waals surface area (Å²) in [5.74, 6) is -0.333. The lowest BCUT2D eigenvalue weighted by Gasteiger charge is -2.17. The van der Waals surface area contributed by atoms with Crippen molar-refractivity contribution in [1.29, 1.82) is 0 Å². The molecule has 1 atom stereocenters. The Labute approximate surface area is 227 Å². The van der Waals surface area contributed by atoms with Gasteiger partial charge in [-0.25, -0.2) is 4.98 Å². The van der Waals surface area contributed by atoms with Gasteiger partial charge < -0.3 is 20.2 Å². The third-order valence-corrected chi connectivity index (χ3v) is 6.48. The van der Waals surface area contributed by atoms with E-state index in [9.17, 15) is 19.2 Å². The molecule has 0 aromatic carbocycles. The van der Waals surface area contributed by atoms with Crippen LogP contribution in [0.1, 0.15) is 68.4 Å². The summed E-state index contributed by atoms with van der Waals surface area (Å²) in [6.07, 6.45) is 9.56. The van der Waals surface area contributed by atoms with Crippen LogP contribution in [0.25, 0.3) is 0 Å². The zero-order chi connectivity index (χ0) is 28.1. The minimum absolute atomic E-state index is 0.00719. The highest BCUT2D eigenvalue weighted by Gasteiger charge is 2.23. The zero-order valence-electron chi connectivity index (χ0n) is 22.2. The third-order valence-electron chi connectivity index (χ3n) is 6.39. The van der Waals surface area contributed by atoms with Crippen LogP contribution in [0.4, 0.5) is 0 Å². The number of nitrogens with zero attached hydrogens (tertiary/aromatic N) is 4. The van der Waals surface area contributed by atoms with Crippen molar-refractivity contribution >= 4 is 41.0 Å². The summed E-state index contributed by atoms with van der Waals surface area (Å²) in [5.41, 5.74) is 7.93. The number of carbonyl (C=O) groups is 3. The van der Waals surface area contributed by atoms with Gasteiger partial charge >= 0.3 is 0 Å². The maximum Gasteiger partial charge on any atom is 0.270 e. The summed E-state index contributed by atoms with van der Waals surface area (Å²) in [5, 5.41) is 6.60. The second kappa shape index (κ2) is 15.6. The Hall–Kier alpha value is -3.67. The number of hydrogen-bond donors (Lipinski definition) is 3. The fourth-order valence-corrected chi connectivity index (χ4v) is 4.08. The van der Waals surface area contributed by atoms with Crippen molar-refractivity contribution < 1.29 is 14.4 Å². The van der Waals surface area contributed by atoms with E-state index in [4.69, 9.17) is 18.0 Å². The maximum absolute atomic E-state index is 13.3. The van der Waals surface area contributed by atoms with Crippen LogP contribution in [0, 0.1) is 5.92 Å². The van der Waals surface area contributed by atoms with E-state index in [2.05, 4.69) is 34.7 Å². The first kappa shape index (κ1) is 30.6. The van der Waals surface area contributed by atoms with Crippen LogP contribution in [0.3, 0.4) is 0 Å². The van der Waals surface area contributed by atoms with Crippen molar-refractivity contribution in [2.45, 2.75) is 71.4 Å². The first-order valence-corrected chi connectivity index (χ1v) is 13.1. The van der Waals surface area contributed by atoms with Crippen molar-refractivity contribution in [2.75, 3.05) is 0 Å². The number of pyridine rings is 1. The quantitative estimate of drug-likeness (QED) is 0.165. The minimum Gasteiger partial charge on any atom is -0.375 e. The van der Waals surface area contributed by atoms with Gasteiger partial charge in [0.25, 0.3) is 11.5 Å². The molecular formula is C26H37N7O4S. The van der Waals surface area contributed by atoms with Crippen molar-refractivity contribution in [3.8, 4) is 0 Å². The van der Waals surface area contributed by atoms with Crippen LogP contribution in [0.5, 0.6) is 0 Å². The first-order valence-electron chi connectivity index (χ1n) is 12.7. The van der Waals surface area contributed by atoms with Crippen LogP contribution in [0.15, 0.2) is 40.7 Å². The molecule has 38 heavy (non-hydrogen) atoms. The molecule has 2 heterocycles. The van der Waals surface area contributed by atoms with E-state index in [1.807, 2.05) is 0 Å². The molecule has 4 N–H and O–H groups in total. The van der Waals surface area contributed by atoms with Crippen LogP contribution >= 0.6 is 12.2 Å². The lowest BCUT2D eigenvalue weighted by atomic mass is 9.96. The van der Waals surface area contributed by atoms with Gasteiger partial charge in [-0.05, 0) is 43.5 Å². The number of amides is 1. The van der Waals surface area contributed by atoms with Crippen molar-refractivity contribution in [3.05, 3.63) is 52.5 Å². The van der Waals surface area contributed by atoms with Gasteiger partial charge in [0.15, 0.2) is 16.7 Å². The van der Waals surface area contributed by atoms with E-state index in [0.29, 0.717) is 24.5 Å². The number of aromatic nitrogens is 3. The van der Waals surface area contributed by atoms with Gasteiger partial charge in [-0.15, -0.1) is 0 Å². The van der Waals surface area contributed by atoms with E-state index in [0.717, 1.165) is 19.3 Å². The Kier molecular flexibility index (Phi) is 12.5. The number of hydrazone groups is 1. The summed E-state index contributed by atoms with van der Waals surface area (Å²) in [4.78, 5) is 55.5. The van der Waals surface area contributed by atoms with Crippen LogP contribution < -0.4 is 22.0 Å². The summed E-state index contributed by atoms with van der Waals surface area (Å²) in [6, 6.07) is 2.33. The summed E-state index contributed by atoms with van der Waals surface area (Å²) < 4.78 is 2.88. The number of nitrogens with two attached hydrogens (primary N) is 1. The van der Waals surface area contributed by atoms with E-state index >= 15 is 0 Å². The topological polar surface area (TPSA) is 153 Å². The molecule has 0 spiro atoms. The standard InChI is InChI=1S/C26H37N7O4S/c1-4-18(5-2)10-11-20(34)16-33-13-7-8-19(25(33)37)14-23(35)21(9-6-12-29-31-26(27)38)30-24(36)22-15-28-17-32(22)3/h7-8,12-13,15,17-18,21H,4-6,9-11,14,16H2,1-3H3,(H,30,36)(H3,27,31,38)/b29-12-/t21-/m0/s1. The molecule has 2 aromatic heterocycles. The lowest BCUT2D eigenvalue weighted by Crippen LogP contribution is -2.43. The fraction of sp³-hybridized carbons (Fsp3) is 0.500. The van der Waals surface area contributed by atoms with Gasteiger partial charge in [0.1, 0.15) is 5.69 Å². The zero-order valence-corrected chi connectivity index (χ0v) is 23.0. The summed E-state index contributed by atoms with van der Waals surface area (Å²) >= 11 is 4.69. The molecule has 0 aliphatic carbocycles. The number of carbonyl (C=O) groups excluding carboxylic acids is 3. The second-order valence-electron chi connectivity index (χ2n) is 9.15. The van der Waals surface area contributed by atoms with Crippen molar-refractivity contribution in [3.63, 3.8) is 0 Å². The molecule has 0 fully saturated rings. The molecule has 0 saturated carbocycles. The Balaban J connectivity index is 2.12. The van der Waals surface area contributed by atoms with Gasteiger partial charge in [0.2, 0.25) is 0 Å². The van der Waals surface area contributed by atoms with Gasteiger partial charge in [0.05, 0.1) is 25.1 Å². The Morgan fingerprint density at radius 1 is 1.24 bits per heavy atom. The number of hydrogen-bond acceptors (Lipinski definition) is 7. The lowest BCUT2D eigenvalue weighted by molar-refractivity contribution is -0.120. The van der Waals surface area contributed by atoms with E-state index in [1.54, 1.807) is 29.9 Å². The van der Waals surface area contributed by atoms with Crippen molar-refractivity contribution in [1.82, 2.24) is 24.9 Å². The molecule has 12 heteroatoms. The second-order valence-corrected chi connectivity index (χ2v) is 9.59. The van der Waals surface area contributed by atoms with Gasteiger partial charge in [-0.3, -0.25) is 24.6 Å². The predicted octanol–water partition coefficient (Wildman–Crippen LogP) is 1.88. The van der Waals surface area contributed by atoms with Gasteiger partial charge in [-0.1, -0.05) is 32.8 Å². The fourth-order valence-electron chi connectivity index (χ4n) is 4.02. The molecule has 0 saturated heterocycles. The Morgan fingerprint density at radius 2 is 1.97 bits per heavy atom. The largest absolute Gasteiger partial charge is 0.375 e.